The van der Waals surface area contributed by atoms with Crippen LogP contribution in [0.4, 0.5) is 0 Å². The molecule has 57 heavy (non-hydrogen) atoms. The van der Waals surface area contributed by atoms with Crippen molar-refractivity contribution in [3.05, 3.63) is 48.6 Å². The maximum atomic E-state index is 11.5. The van der Waals surface area contributed by atoms with E-state index in [0.29, 0.717) is 6.42 Å². The average molecular weight is 799 g/mol. The van der Waals surface area contributed by atoms with Crippen LogP contribution in [0, 0.1) is 0 Å². The van der Waals surface area contributed by atoms with Crippen molar-refractivity contribution in [2.75, 3.05) is 28.3 Å². The van der Waals surface area contributed by atoms with Crippen molar-refractivity contribution >= 4 is 5.91 Å². The topological polar surface area (TPSA) is 32.8 Å². The maximum Gasteiger partial charge on any atom is 0.245 e. The van der Waals surface area contributed by atoms with E-state index in [1.54, 1.807) is 7.05 Å². The molecule has 0 aromatic rings. The molecule has 0 radical (unpaired) electrons. The Labute approximate surface area is 359 Å². The fourth-order valence-corrected chi connectivity index (χ4v) is 7.24. The molecule has 0 saturated carbocycles. The highest BCUT2D eigenvalue weighted by molar-refractivity contribution is 5.74. The number of allylic oxidation sites excluding steroid dienone is 8. The van der Waals surface area contributed by atoms with E-state index in [9.17, 15) is 4.79 Å². The molecule has 0 saturated heterocycles. The largest absolute Gasteiger partial charge is 0.306 e. The third kappa shape index (κ3) is 48.6. The molecule has 1 amide bonds. The van der Waals surface area contributed by atoms with Crippen molar-refractivity contribution in [1.29, 1.82) is 0 Å². The number of amides is 1. The number of carbonyl (C=O) groups excluding carboxylic acids is 1. The van der Waals surface area contributed by atoms with E-state index in [-0.39, 0.29) is 5.91 Å². The molecule has 0 aromatic heterocycles. The lowest BCUT2D eigenvalue weighted by molar-refractivity contribution is -0.168. The molecule has 1 unspecified atom stereocenters. The van der Waals surface area contributed by atoms with Gasteiger partial charge in [0.2, 0.25) is 5.91 Å². The average Bonchev–Trinajstić information content (AvgIpc) is 3.21. The van der Waals surface area contributed by atoms with Gasteiger partial charge in [0, 0.05) is 19.5 Å². The van der Waals surface area contributed by atoms with Crippen molar-refractivity contribution in [1.82, 2.24) is 9.96 Å². The standard InChI is InChI=1S/C31H61N.C22H41NO2/c1-5-7-9-11-13-14-15-16-17-18-19-20-21-22-24-26-28-30-31(32(3)4)29-27-25-23-12-10-8-6-2;1-4-5-6-7-8-9-10-11-12-13-14-15-16-17-18-19-20-21-22(24)23(2)25-3/h13-14,16-17,31H,5-12,15,18-30H2,1-4H3;8-9,11-12H,4-7,10,13-21H2,1-3H3/b14-13-,17-16-;9-8-,12-11-. The van der Waals surface area contributed by atoms with E-state index >= 15 is 0 Å². The Balaban J connectivity index is 0. The molecule has 0 N–H and O–H groups in total. The second-order valence-electron chi connectivity index (χ2n) is 17.0. The minimum atomic E-state index is 0.0742. The first-order valence-corrected chi connectivity index (χ1v) is 25.0. The predicted octanol–water partition coefficient (Wildman–Crippen LogP) is 17.3. The summed E-state index contributed by atoms with van der Waals surface area (Å²) in [5, 5.41) is 1.32. The number of rotatable bonds is 42. The molecule has 0 rings (SSSR count). The molecule has 336 valence electrons. The highest BCUT2D eigenvalue weighted by atomic mass is 16.7. The fraction of sp³-hybridized carbons (Fsp3) is 0.830. The van der Waals surface area contributed by atoms with Crippen LogP contribution in [0.2, 0.25) is 0 Å². The fourth-order valence-electron chi connectivity index (χ4n) is 7.24. The molecule has 0 aliphatic rings. The monoisotopic (exact) mass is 799 g/mol. The lowest BCUT2D eigenvalue weighted by Gasteiger charge is -2.24. The summed E-state index contributed by atoms with van der Waals surface area (Å²) in [4.78, 5) is 18.9. The molecule has 0 aliphatic heterocycles. The summed E-state index contributed by atoms with van der Waals surface area (Å²) < 4.78 is 0. The molecular formula is C53H102N2O2. The zero-order chi connectivity index (χ0) is 42.1. The summed E-state index contributed by atoms with van der Waals surface area (Å²) in [6.45, 7) is 6.82. The molecule has 0 heterocycles. The highest BCUT2D eigenvalue weighted by Gasteiger charge is 2.10. The third-order valence-electron chi connectivity index (χ3n) is 11.3. The van der Waals surface area contributed by atoms with Crippen molar-refractivity contribution in [3.8, 4) is 0 Å². The molecule has 4 nitrogen and oxygen atoms in total. The van der Waals surface area contributed by atoms with Gasteiger partial charge in [-0.25, -0.2) is 5.06 Å². The Morgan fingerprint density at radius 2 is 0.719 bits per heavy atom. The van der Waals surface area contributed by atoms with Crippen LogP contribution in [0.5, 0.6) is 0 Å². The smallest absolute Gasteiger partial charge is 0.245 e. The third-order valence-corrected chi connectivity index (χ3v) is 11.3. The molecule has 1 atom stereocenters. The molecule has 0 bridgehead atoms. The Hall–Kier alpha value is -1.65. The summed E-state index contributed by atoms with van der Waals surface area (Å²) in [6, 6.07) is 0.809. The SMILES string of the molecule is CCCCC/C=C\C/C=C\CCCCCCCCCC(=O)N(C)OC.CCCCC/C=C\C/C=C\CCCCCCCCCC(CCCCCCCCC)N(C)C. The maximum absolute atomic E-state index is 11.5. The van der Waals surface area contributed by atoms with Gasteiger partial charge in [-0.2, -0.15) is 0 Å². The van der Waals surface area contributed by atoms with Gasteiger partial charge in [-0.3, -0.25) is 9.63 Å². The van der Waals surface area contributed by atoms with Gasteiger partial charge in [-0.05, 0) is 97.6 Å². The van der Waals surface area contributed by atoms with Crippen LogP contribution < -0.4 is 0 Å². The number of hydrogen-bond acceptors (Lipinski definition) is 3. The zero-order valence-electron chi connectivity index (χ0n) is 39.9. The van der Waals surface area contributed by atoms with Crippen molar-refractivity contribution in [3.63, 3.8) is 0 Å². The number of carbonyl (C=O) groups is 1. The van der Waals surface area contributed by atoms with Crippen LogP contribution in [-0.2, 0) is 9.63 Å². The van der Waals surface area contributed by atoms with E-state index < -0.39 is 0 Å². The first-order chi connectivity index (χ1) is 27.9. The van der Waals surface area contributed by atoms with Gasteiger partial charge < -0.3 is 4.90 Å². The minimum Gasteiger partial charge on any atom is -0.306 e. The minimum absolute atomic E-state index is 0.0742. The molecule has 0 aromatic carbocycles. The van der Waals surface area contributed by atoms with Gasteiger partial charge in [0.05, 0.1) is 7.11 Å². The lowest BCUT2D eigenvalue weighted by Crippen LogP contribution is -2.27. The summed E-state index contributed by atoms with van der Waals surface area (Å²) in [7, 11) is 7.76. The quantitative estimate of drug-likeness (QED) is 0.0350. The summed E-state index contributed by atoms with van der Waals surface area (Å²) >= 11 is 0. The molecule has 0 aliphatic carbocycles. The van der Waals surface area contributed by atoms with Crippen LogP contribution in [0.3, 0.4) is 0 Å². The molecule has 4 heteroatoms. The number of hydroxylamine groups is 2. The molecule has 0 spiro atoms. The van der Waals surface area contributed by atoms with Crippen molar-refractivity contribution < 1.29 is 9.63 Å². The predicted molar refractivity (Wildman–Crippen MR) is 257 cm³/mol. The van der Waals surface area contributed by atoms with Crippen molar-refractivity contribution in [2.24, 2.45) is 0 Å². The first kappa shape index (κ1) is 57.4. The van der Waals surface area contributed by atoms with Crippen LogP contribution >= 0.6 is 0 Å². The van der Waals surface area contributed by atoms with Gasteiger partial charge in [0.15, 0.2) is 0 Å². The van der Waals surface area contributed by atoms with Gasteiger partial charge >= 0.3 is 0 Å². The van der Waals surface area contributed by atoms with Gasteiger partial charge in [-0.15, -0.1) is 0 Å². The van der Waals surface area contributed by atoms with Gasteiger partial charge in [0.1, 0.15) is 0 Å². The Kier molecular flexibility index (Phi) is 50.9. The van der Waals surface area contributed by atoms with Crippen molar-refractivity contribution in [2.45, 2.75) is 258 Å². The van der Waals surface area contributed by atoms with Gasteiger partial charge in [0.25, 0.3) is 0 Å². The van der Waals surface area contributed by atoms with E-state index in [4.69, 9.17) is 4.84 Å². The first-order valence-electron chi connectivity index (χ1n) is 25.0. The Morgan fingerprint density at radius 1 is 0.421 bits per heavy atom. The van der Waals surface area contributed by atoms with Crippen LogP contribution in [-0.4, -0.2) is 50.2 Å². The summed E-state index contributed by atoms with van der Waals surface area (Å²) in [5.41, 5.74) is 0. The number of nitrogens with zero attached hydrogens (tertiary/aromatic N) is 2. The normalized spacial score (nSPS) is 12.5. The molecular weight excluding hydrogens is 697 g/mol. The van der Waals surface area contributed by atoms with E-state index in [2.05, 4.69) is 88.4 Å². The second-order valence-corrected chi connectivity index (χ2v) is 17.0. The lowest BCUT2D eigenvalue weighted by atomic mass is 9.99. The van der Waals surface area contributed by atoms with Crippen LogP contribution in [0.25, 0.3) is 0 Å². The summed E-state index contributed by atoms with van der Waals surface area (Å²) in [5.74, 6) is 0.0742. The number of unbranched alkanes of at least 4 members (excludes halogenated alkanes) is 26. The molecule has 0 fully saturated rings. The zero-order valence-corrected chi connectivity index (χ0v) is 39.9. The van der Waals surface area contributed by atoms with Gasteiger partial charge in [-0.1, -0.05) is 211 Å². The van der Waals surface area contributed by atoms with Crippen LogP contribution in [0.1, 0.15) is 252 Å². The van der Waals surface area contributed by atoms with E-state index in [0.717, 1.165) is 31.7 Å². The van der Waals surface area contributed by atoms with Crippen LogP contribution in [0.15, 0.2) is 48.6 Å². The number of hydrogen-bond donors (Lipinski definition) is 0. The Morgan fingerprint density at radius 3 is 1.07 bits per heavy atom. The Bertz CT molecular complexity index is 891. The van der Waals surface area contributed by atoms with E-state index in [1.165, 1.54) is 211 Å². The second kappa shape index (κ2) is 50.5. The summed E-state index contributed by atoms with van der Waals surface area (Å²) in [6.07, 6.45) is 65.8. The highest BCUT2D eigenvalue weighted by Crippen LogP contribution is 2.18. The van der Waals surface area contributed by atoms with E-state index in [1.807, 2.05) is 0 Å².